The minimum atomic E-state index is 0.180. The van der Waals surface area contributed by atoms with Crippen LogP contribution in [0.4, 0.5) is 0 Å². The summed E-state index contributed by atoms with van der Waals surface area (Å²) in [6, 6.07) is 8.52. The summed E-state index contributed by atoms with van der Waals surface area (Å²) in [5.41, 5.74) is 3.24. The van der Waals surface area contributed by atoms with Gasteiger partial charge in [0.1, 0.15) is 0 Å². The normalized spacial score (nSPS) is 12.2. The van der Waals surface area contributed by atoms with Crippen LogP contribution in [0.1, 0.15) is 43.7 Å². The van der Waals surface area contributed by atoms with Crippen LogP contribution in [0.3, 0.4) is 0 Å². The number of carbonyl (C=O) groups is 1. The van der Waals surface area contributed by atoms with Crippen molar-refractivity contribution < 1.29 is 4.79 Å². The van der Waals surface area contributed by atoms with E-state index in [0.717, 1.165) is 6.42 Å². The molecule has 0 amide bonds. The summed E-state index contributed by atoms with van der Waals surface area (Å²) in [7, 11) is 0. The number of hydrogen-bond donors (Lipinski definition) is 0. The molecule has 0 saturated carbocycles. The number of benzene rings is 1. The molecule has 86 valence electrons. The lowest BCUT2D eigenvalue weighted by Crippen LogP contribution is -2.02. The van der Waals surface area contributed by atoms with Crippen molar-refractivity contribution >= 4 is 5.78 Å². The van der Waals surface area contributed by atoms with Crippen LogP contribution in [0.5, 0.6) is 0 Å². The highest BCUT2D eigenvalue weighted by Crippen LogP contribution is 2.21. The smallest absolute Gasteiger partial charge is 0.158 e. The molecule has 0 saturated heterocycles. The zero-order valence-electron chi connectivity index (χ0n) is 10.4. The molecular formula is C15H20O. The second-order valence-electron chi connectivity index (χ2n) is 4.55. The fourth-order valence-corrected chi connectivity index (χ4v) is 1.62. The first kappa shape index (κ1) is 12.7. The topological polar surface area (TPSA) is 17.1 Å². The molecule has 1 atom stereocenters. The maximum atomic E-state index is 11.4. The Kier molecular flexibility index (Phi) is 4.48. The Morgan fingerprint density at radius 2 is 1.88 bits per heavy atom. The highest BCUT2D eigenvalue weighted by molar-refractivity contribution is 5.94. The Morgan fingerprint density at radius 1 is 1.31 bits per heavy atom. The molecule has 16 heavy (non-hydrogen) atoms. The van der Waals surface area contributed by atoms with Gasteiger partial charge < -0.3 is 0 Å². The monoisotopic (exact) mass is 216 g/mol. The molecule has 0 radical (unpaired) electrons. The van der Waals surface area contributed by atoms with Crippen LogP contribution in [0.15, 0.2) is 36.4 Å². The molecule has 0 N–H and O–H groups in total. The van der Waals surface area contributed by atoms with E-state index in [0.29, 0.717) is 17.9 Å². The van der Waals surface area contributed by atoms with Crippen molar-refractivity contribution in [2.75, 3.05) is 0 Å². The predicted molar refractivity (Wildman–Crippen MR) is 68.6 cm³/mol. The van der Waals surface area contributed by atoms with Crippen LogP contribution in [0.25, 0.3) is 0 Å². The second kappa shape index (κ2) is 5.64. The number of carbonyl (C=O) groups excluding carboxylic acids is 1. The van der Waals surface area contributed by atoms with Crippen molar-refractivity contribution in [3.63, 3.8) is 0 Å². The quantitative estimate of drug-likeness (QED) is 0.679. The summed E-state index contributed by atoms with van der Waals surface area (Å²) in [6.45, 7) is 9.69. The standard InChI is InChI=1S/C15H20O/c1-11(2)15(16)10-7-13(4)14-8-5-12(3)6-9-14/h5-6,8-9,13H,1,7,10H2,2-4H3. The highest BCUT2D eigenvalue weighted by atomic mass is 16.1. The van der Waals surface area contributed by atoms with Crippen molar-refractivity contribution in [2.45, 2.75) is 39.5 Å². The van der Waals surface area contributed by atoms with E-state index in [4.69, 9.17) is 0 Å². The van der Waals surface area contributed by atoms with E-state index in [1.54, 1.807) is 6.92 Å². The van der Waals surface area contributed by atoms with E-state index in [1.165, 1.54) is 11.1 Å². The molecule has 1 unspecified atom stereocenters. The zero-order valence-corrected chi connectivity index (χ0v) is 10.4. The Balaban J connectivity index is 2.52. The van der Waals surface area contributed by atoms with Gasteiger partial charge in [-0.1, -0.05) is 43.3 Å². The first-order chi connectivity index (χ1) is 7.50. The Bertz CT molecular complexity index is 373. The lowest BCUT2D eigenvalue weighted by Gasteiger charge is -2.11. The summed E-state index contributed by atoms with van der Waals surface area (Å²) < 4.78 is 0. The summed E-state index contributed by atoms with van der Waals surface area (Å²) in [5.74, 6) is 0.614. The van der Waals surface area contributed by atoms with Crippen molar-refractivity contribution in [1.82, 2.24) is 0 Å². The van der Waals surface area contributed by atoms with Gasteiger partial charge in [0.05, 0.1) is 0 Å². The number of Topliss-reactive ketones (excluding diaryl/α,β-unsaturated/α-hetero) is 1. The number of hydrogen-bond acceptors (Lipinski definition) is 1. The van der Waals surface area contributed by atoms with Crippen molar-refractivity contribution in [3.8, 4) is 0 Å². The van der Waals surface area contributed by atoms with E-state index in [1.807, 2.05) is 0 Å². The maximum Gasteiger partial charge on any atom is 0.158 e. The molecule has 0 bridgehead atoms. The van der Waals surface area contributed by atoms with E-state index in [-0.39, 0.29) is 5.78 Å². The van der Waals surface area contributed by atoms with Gasteiger partial charge in [-0.15, -0.1) is 0 Å². The van der Waals surface area contributed by atoms with E-state index in [9.17, 15) is 4.79 Å². The molecular weight excluding hydrogens is 196 g/mol. The molecule has 1 rings (SSSR count). The predicted octanol–water partition coefficient (Wildman–Crippen LogP) is 4.02. The van der Waals surface area contributed by atoms with Gasteiger partial charge in [0.25, 0.3) is 0 Å². The minimum Gasteiger partial charge on any atom is -0.295 e. The van der Waals surface area contributed by atoms with Gasteiger partial charge in [-0.05, 0) is 37.3 Å². The lowest BCUT2D eigenvalue weighted by molar-refractivity contribution is -0.115. The van der Waals surface area contributed by atoms with Crippen molar-refractivity contribution in [2.24, 2.45) is 0 Å². The maximum absolute atomic E-state index is 11.4. The largest absolute Gasteiger partial charge is 0.295 e. The first-order valence-corrected chi connectivity index (χ1v) is 5.76. The van der Waals surface area contributed by atoms with Crippen LogP contribution < -0.4 is 0 Å². The van der Waals surface area contributed by atoms with Gasteiger partial charge in [0, 0.05) is 6.42 Å². The Labute approximate surface area is 98.2 Å². The van der Waals surface area contributed by atoms with E-state index < -0.39 is 0 Å². The molecule has 1 aromatic carbocycles. The second-order valence-corrected chi connectivity index (χ2v) is 4.55. The summed E-state index contributed by atoms with van der Waals surface area (Å²) in [4.78, 5) is 11.4. The number of allylic oxidation sites excluding steroid dienone is 1. The molecule has 0 spiro atoms. The van der Waals surface area contributed by atoms with Gasteiger partial charge >= 0.3 is 0 Å². The van der Waals surface area contributed by atoms with Crippen LogP contribution in [-0.4, -0.2) is 5.78 Å². The van der Waals surface area contributed by atoms with Gasteiger partial charge in [0.15, 0.2) is 5.78 Å². The van der Waals surface area contributed by atoms with E-state index >= 15 is 0 Å². The molecule has 1 heteroatoms. The van der Waals surface area contributed by atoms with Gasteiger partial charge in [-0.25, -0.2) is 0 Å². The van der Waals surface area contributed by atoms with Gasteiger partial charge in [0.2, 0.25) is 0 Å². The van der Waals surface area contributed by atoms with Crippen molar-refractivity contribution in [3.05, 3.63) is 47.5 Å². The molecule has 0 heterocycles. The number of aryl methyl sites for hydroxylation is 1. The lowest BCUT2D eigenvalue weighted by atomic mass is 9.93. The summed E-state index contributed by atoms with van der Waals surface area (Å²) >= 11 is 0. The third kappa shape index (κ3) is 3.65. The van der Waals surface area contributed by atoms with Crippen LogP contribution in [-0.2, 0) is 4.79 Å². The summed E-state index contributed by atoms with van der Waals surface area (Å²) in [5, 5.41) is 0. The molecule has 1 nitrogen and oxygen atoms in total. The molecule has 0 aliphatic carbocycles. The summed E-state index contributed by atoms with van der Waals surface area (Å²) in [6.07, 6.45) is 1.50. The molecule has 0 aliphatic rings. The third-order valence-electron chi connectivity index (χ3n) is 2.93. The van der Waals surface area contributed by atoms with Crippen LogP contribution in [0.2, 0.25) is 0 Å². The first-order valence-electron chi connectivity index (χ1n) is 5.76. The molecule has 0 aromatic heterocycles. The zero-order chi connectivity index (χ0) is 12.1. The van der Waals surface area contributed by atoms with Gasteiger partial charge in [-0.2, -0.15) is 0 Å². The highest BCUT2D eigenvalue weighted by Gasteiger charge is 2.08. The molecule has 0 fully saturated rings. The fourth-order valence-electron chi connectivity index (χ4n) is 1.62. The van der Waals surface area contributed by atoms with E-state index in [2.05, 4.69) is 44.7 Å². The van der Waals surface area contributed by atoms with Crippen LogP contribution in [0, 0.1) is 6.92 Å². The van der Waals surface area contributed by atoms with Gasteiger partial charge in [-0.3, -0.25) is 4.79 Å². The Hall–Kier alpha value is -1.37. The minimum absolute atomic E-state index is 0.180. The van der Waals surface area contributed by atoms with Crippen molar-refractivity contribution in [1.29, 1.82) is 0 Å². The Morgan fingerprint density at radius 3 is 2.38 bits per heavy atom. The SMILES string of the molecule is C=C(C)C(=O)CCC(C)c1ccc(C)cc1. The number of ketones is 1. The molecule has 1 aromatic rings. The fraction of sp³-hybridized carbons (Fsp3) is 0.400. The average molecular weight is 216 g/mol. The van der Waals surface area contributed by atoms with Crippen LogP contribution >= 0.6 is 0 Å². The third-order valence-corrected chi connectivity index (χ3v) is 2.93. The average Bonchev–Trinajstić information content (AvgIpc) is 2.26. The number of rotatable bonds is 5. The molecule has 0 aliphatic heterocycles.